The van der Waals surface area contributed by atoms with Gasteiger partial charge in [0.25, 0.3) is 0 Å². The number of likely N-dealkylation sites (N-methyl/N-ethyl adjacent to an activating group) is 1. The molecule has 1 aliphatic rings. The van der Waals surface area contributed by atoms with Gasteiger partial charge in [0.2, 0.25) is 0 Å². The molecule has 0 amide bonds. The summed E-state index contributed by atoms with van der Waals surface area (Å²) < 4.78 is 1.14. The summed E-state index contributed by atoms with van der Waals surface area (Å²) in [7, 11) is 2.17. The molecule has 0 unspecified atom stereocenters. The molecular formula is C12H14BrN. The van der Waals surface area contributed by atoms with Crippen molar-refractivity contribution in [1.82, 2.24) is 4.90 Å². The third kappa shape index (κ3) is 2.25. The molecule has 0 radical (unpaired) electrons. The molecule has 0 aromatic heterocycles. The average Bonchev–Trinajstić information content (AvgIpc) is 2.19. The molecule has 1 aliphatic heterocycles. The molecule has 2 rings (SSSR count). The van der Waals surface area contributed by atoms with Crippen LogP contribution in [0.15, 0.2) is 34.8 Å². The van der Waals surface area contributed by atoms with Crippen LogP contribution in [0.5, 0.6) is 0 Å². The van der Waals surface area contributed by atoms with Crippen molar-refractivity contribution < 1.29 is 0 Å². The lowest BCUT2D eigenvalue weighted by atomic mass is 10.0. The average molecular weight is 252 g/mol. The van der Waals surface area contributed by atoms with Gasteiger partial charge in [-0.25, -0.2) is 0 Å². The Hall–Kier alpha value is -0.600. The fourth-order valence-corrected chi connectivity index (χ4v) is 2.03. The van der Waals surface area contributed by atoms with Crippen LogP contribution in [0.4, 0.5) is 0 Å². The van der Waals surface area contributed by atoms with E-state index in [1.165, 1.54) is 24.1 Å². The number of benzene rings is 1. The third-order valence-corrected chi connectivity index (χ3v) is 3.09. The van der Waals surface area contributed by atoms with E-state index in [1.807, 2.05) is 0 Å². The molecule has 0 spiro atoms. The number of hydrogen-bond donors (Lipinski definition) is 0. The van der Waals surface area contributed by atoms with Gasteiger partial charge >= 0.3 is 0 Å². The van der Waals surface area contributed by atoms with Gasteiger partial charge in [0, 0.05) is 17.6 Å². The fourth-order valence-electron chi connectivity index (χ4n) is 1.77. The van der Waals surface area contributed by atoms with Gasteiger partial charge in [0.15, 0.2) is 0 Å². The van der Waals surface area contributed by atoms with E-state index in [-0.39, 0.29) is 0 Å². The van der Waals surface area contributed by atoms with Crippen molar-refractivity contribution in [3.8, 4) is 0 Å². The van der Waals surface area contributed by atoms with E-state index >= 15 is 0 Å². The van der Waals surface area contributed by atoms with Crippen molar-refractivity contribution in [1.29, 1.82) is 0 Å². The summed E-state index contributed by atoms with van der Waals surface area (Å²) in [6.07, 6.45) is 3.52. The Bertz CT molecular complexity index is 340. The van der Waals surface area contributed by atoms with Gasteiger partial charge in [-0.15, -0.1) is 0 Å². The molecule has 0 fully saturated rings. The smallest absolute Gasteiger partial charge is 0.0233 e. The second kappa shape index (κ2) is 4.28. The molecule has 0 saturated carbocycles. The Labute approximate surface area is 93.6 Å². The normalized spacial score (nSPS) is 18.0. The first-order chi connectivity index (χ1) is 6.75. The van der Waals surface area contributed by atoms with E-state index in [1.54, 1.807) is 0 Å². The summed E-state index contributed by atoms with van der Waals surface area (Å²) in [5.74, 6) is 0. The Morgan fingerprint density at radius 1 is 1.21 bits per heavy atom. The molecule has 74 valence electrons. The van der Waals surface area contributed by atoms with Crippen molar-refractivity contribution in [2.24, 2.45) is 0 Å². The van der Waals surface area contributed by atoms with Crippen LogP contribution >= 0.6 is 15.9 Å². The molecule has 0 saturated heterocycles. The summed E-state index contributed by atoms with van der Waals surface area (Å²) in [4.78, 5) is 2.36. The van der Waals surface area contributed by atoms with Crippen LogP contribution < -0.4 is 0 Å². The molecule has 1 aromatic carbocycles. The third-order valence-electron chi connectivity index (χ3n) is 2.56. The molecule has 0 bridgehead atoms. The van der Waals surface area contributed by atoms with Gasteiger partial charge in [-0.2, -0.15) is 0 Å². The zero-order valence-electron chi connectivity index (χ0n) is 8.33. The second-order valence-electron chi connectivity index (χ2n) is 3.76. The Morgan fingerprint density at radius 3 is 2.57 bits per heavy atom. The van der Waals surface area contributed by atoms with E-state index in [2.05, 4.69) is 58.2 Å². The van der Waals surface area contributed by atoms with E-state index < -0.39 is 0 Å². The molecule has 0 N–H and O–H groups in total. The standard InChI is InChI=1S/C12H14BrN/c1-14-8-2-3-11(9-14)10-4-6-12(13)7-5-10/h3-7H,2,8-9H2,1H3. The molecule has 0 atom stereocenters. The minimum Gasteiger partial charge on any atom is -0.302 e. The minimum atomic E-state index is 1.07. The van der Waals surface area contributed by atoms with Gasteiger partial charge in [0.05, 0.1) is 0 Å². The zero-order chi connectivity index (χ0) is 9.97. The SMILES string of the molecule is CN1CCC=C(c2ccc(Br)cc2)C1. The van der Waals surface area contributed by atoms with Crippen molar-refractivity contribution in [3.63, 3.8) is 0 Å². The first-order valence-corrected chi connectivity index (χ1v) is 5.68. The van der Waals surface area contributed by atoms with Crippen LogP contribution in [-0.4, -0.2) is 25.0 Å². The first kappa shape index (κ1) is 9.94. The molecule has 1 aromatic rings. The highest BCUT2D eigenvalue weighted by Crippen LogP contribution is 2.21. The maximum atomic E-state index is 3.45. The molecule has 1 heterocycles. The predicted molar refractivity (Wildman–Crippen MR) is 64.2 cm³/mol. The van der Waals surface area contributed by atoms with Crippen molar-refractivity contribution in [2.75, 3.05) is 20.1 Å². The van der Waals surface area contributed by atoms with Gasteiger partial charge < -0.3 is 4.90 Å². The van der Waals surface area contributed by atoms with Crippen molar-refractivity contribution in [3.05, 3.63) is 40.4 Å². The number of rotatable bonds is 1. The van der Waals surface area contributed by atoms with Gasteiger partial charge in [-0.05, 0) is 36.7 Å². The highest BCUT2D eigenvalue weighted by molar-refractivity contribution is 9.10. The quantitative estimate of drug-likeness (QED) is 0.742. The maximum Gasteiger partial charge on any atom is 0.0233 e. The highest BCUT2D eigenvalue weighted by Gasteiger charge is 2.09. The summed E-state index contributed by atoms with van der Waals surface area (Å²) in [5.41, 5.74) is 2.80. The second-order valence-corrected chi connectivity index (χ2v) is 4.68. The molecule has 1 nitrogen and oxygen atoms in total. The van der Waals surface area contributed by atoms with Crippen LogP contribution in [0, 0.1) is 0 Å². The van der Waals surface area contributed by atoms with E-state index in [0.717, 1.165) is 11.0 Å². The fraction of sp³-hybridized carbons (Fsp3) is 0.333. The highest BCUT2D eigenvalue weighted by atomic mass is 79.9. The minimum absolute atomic E-state index is 1.07. The zero-order valence-corrected chi connectivity index (χ0v) is 9.92. The Balaban J connectivity index is 2.22. The lowest BCUT2D eigenvalue weighted by Crippen LogP contribution is -2.24. The summed E-state index contributed by atoms with van der Waals surface area (Å²) in [6, 6.07) is 8.56. The number of halogens is 1. The van der Waals surface area contributed by atoms with E-state index in [4.69, 9.17) is 0 Å². The Kier molecular flexibility index (Phi) is 3.04. The van der Waals surface area contributed by atoms with Gasteiger partial charge in [-0.1, -0.05) is 34.1 Å². The number of hydrogen-bond acceptors (Lipinski definition) is 1. The van der Waals surface area contributed by atoms with Crippen LogP contribution in [0.25, 0.3) is 5.57 Å². The topological polar surface area (TPSA) is 3.24 Å². The van der Waals surface area contributed by atoms with Crippen molar-refractivity contribution in [2.45, 2.75) is 6.42 Å². The summed E-state index contributed by atoms with van der Waals surface area (Å²) in [6.45, 7) is 2.25. The monoisotopic (exact) mass is 251 g/mol. The molecule has 0 aliphatic carbocycles. The van der Waals surface area contributed by atoms with Gasteiger partial charge in [0.1, 0.15) is 0 Å². The molecule has 14 heavy (non-hydrogen) atoms. The van der Waals surface area contributed by atoms with Crippen LogP contribution in [0.1, 0.15) is 12.0 Å². The van der Waals surface area contributed by atoms with E-state index in [9.17, 15) is 0 Å². The van der Waals surface area contributed by atoms with Crippen LogP contribution in [0.3, 0.4) is 0 Å². The maximum absolute atomic E-state index is 3.45. The van der Waals surface area contributed by atoms with Crippen molar-refractivity contribution >= 4 is 21.5 Å². The number of nitrogens with zero attached hydrogens (tertiary/aromatic N) is 1. The van der Waals surface area contributed by atoms with E-state index in [0.29, 0.717) is 0 Å². The van der Waals surface area contributed by atoms with Gasteiger partial charge in [-0.3, -0.25) is 0 Å². The predicted octanol–water partition coefficient (Wildman–Crippen LogP) is 3.17. The van der Waals surface area contributed by atoms with Crippen LogP contribution in [0.2, 0.25) is 0 Å². The summed E-state index contributed by atoms with van der Waals surface area (Å²) >= 11 is 3.45. The van der Waals surface area contributed by atoms with Crippen LogP contribution in [-0.2, 0) is 0 Å². The lowest BCUT2D eigenvalue weighted by molar-refractivity contribution is 0.373. The lowest BCUT2D eigenvalue weighted by Gasteiger charge is -2.23. The summed E-state index contributed by atoms with van der Waals surface area (Å²) in [5, 5.41) is 0. The largest absolute Gasteiger partial charge is 0.302 e. The Morgan fingerprint density at radius 2 is 1.93 bits per heavy atom. The first-order valence-electron chi connectivity index (χ1n) is 4.89. The molecule has 2 heteroatoms. The molecular weight excluding hydrogens is 238 g/mol.